The van der Waals surface area contributed by atoms with Gasteiger partial charge in [-0.25, -0.2) is 0 Å². The quantitative estimate of drug-likeness (QED) is 0.643. The van der Waals surface area contributed by atoms with Crippen LogP contribution in [0.4, 0.5) is 0 Å². The van der Waals surface area contributed by atoms with E-state index >= 15 is 0 Å². The first kappa shape index (κ1) is 21.8. The fourth-order valence-corrected chi connectivity index (χ4v) is 3.49. The largest absolute Gasteiger partial charge is 0.277 e. The van der Waals surface area contributed by atoms with Crippen molar-refractivity contribution in [3.05, 3.63) is 53.5 Å². The highest BCUT2D eigenvalue weighted by atomic mass is 16.2. The number of nitrogens with zero attached hydrogens (tertiary/aromatic N) is 2. The minimum absolute atomic E-state index is 0.186. The lowest BCUT2D eigenvalue weighted by Gasteiger charge is -2.05. The van der Waals surface area contributed by atoms with Gasteiger partial charge in [0.15, 0.2) is 0 Å². The first-order valence-corrected chi connectivity index (χ1v) is 10.3. The zero-order valence-corrected chi connectivity index (χ0v) is 17.3. The van der Waals surface area contributed by atoms with Gasteiger partial charge in [0.1, 0.15) is 0 Å². The van der Waals surface area contributed by atoms with Crippen LogP contribution in [0.5, 0.6) is 0 Å². The maximum Gasteiger partial charge on any atom is 0.261 e. The Morgan fingerprint density at radius 1 is 0.643 bits per heavy atom. The van der Waals surface area contributed by atoms with E-state index in [1.54, 1.807) is 6.92 Å². The van der Waals surface area contributed by atoms with Crippen LogP contribution in [0.2, 0.25) is 0 Å². The Bertz CT molecular complexity index is 1050. The van der Waals surface area contributed by atoms with Gasteiger partial charge >= 0.3 is 0 Å². The molecule has 0 bridgehead atoms. The molecule has 0 spiro atoms. The van der Waals surface area contributed by atoms with E-state index in [4.69, 9.17) is 0 Å². The number of rotatable bonds is 1. The molecular formula is C22H30N2O4. The van der Waals surface area contributed by atoms with Crippen LogP contribution in [0, 0.1) is 0 Å². The predicted molar refractivity (Wildman–Crippen MR) is 115 cm³/mol. The summed E-state index contributed by atoms with van der Waals surface area (Å²) in [4.78, 5) is 47.7. The summed E-state index contributed by atoms with van der Waals surface area (Å²) in [5.74, 6) is 0. The van der Waals surface area contributed by atoms with Crippen molar-refractivity contribution < 1.29 is 0 Å². The Hall–Kier alpha value is -2.50. The van der Waals surface area contributed by atoms with E-state index < -0.39 is 22.2 Å². The third-order valence-corrected chi connectivity index (χ3v) is 5.00. The molecule has 0 N–H and O–H groups in total. The summed E-state index contributed by atoms with van der Waals surface area (Å²) in [7, 11) is 1.37. The van der Waals surface area contributed by atoms with Crippen molar-refractivity contribution in [3.63, 3.8) is 0 Å². The topological polar surface area (TPSA) is 78.1 Å². The van der Waals surface area contributed by atoms with Gasteiger partial charge in [0.2, 0.25) is 0 Å². The van der Waals surface area contributed by atoms with Gasteiger partial charge in [-0.3, -0.25) is 28.3 Å². The Morgan fingerprint density at radius 3 is 1.21 bits per heavy atom. The fourth-order valence-electron chi connectivity index (χ4n) is 3.49. The third kappa shape index (κ3) is 4.16. The van der Waals surface area contributed by atoms with Crippen LogP contribution in [0.25, 0.3) is 21.5 Å². The lowest BCUT2D eigenvalue weighted by molar-refractivity contribution is 0.504. The van der Waals surface area contributed by atoms with Gasteiger partial charge in [0, 0.05) is 13.6 Å². The minimum Gasteiger partial charge on any atom is -0.277 e. The second kappa shape index (κ2) is 9.62. The molecule has 2 heterocycles. The molecule has 0 amide bonds. The second-order valence-electron chi connectivity index (χ2n) is 7.30. The van der Waals surface area contributed by atoms with E-state index in [1.807, 2.05) is 0 Å². The van der Waals surface area contributed by atoms with Crippen molar-refractivity contribution in [2.75, 3.05) is 0 Å². The molecule has 1 aliphatic carbocycles. The molecule has 28 heavy (non-hydrogen) atoms. The van der Waals surface area contributed by atoms with Crippen molar-refractivity contribution in [1.82, 2.24) is 9.13 Å². The molecule has 6 nitrogen and oxygen atoms in total. The highest BCUT2D eigenvalue weighted by Gasteiger charge is 2.17. The lowest BCUT2D eigenvalue weighted by atomic mass is 10.0. The van der Waals surface area contributed by atoms with E-state index in [9.17, 15) is 19.2 Å². The molecule has 4 rings (SSSR count). The van der Waals surface area contributed by atoms with Gasteiger partial charge in [0.25, 0.3) is 22.2 Å². The molecule has 0 atom stereocenters. The summed E-state index contributed by atoms with van der Waals surface area (Å²) < 4.78 is 2.07. The molecule has 3 aromatic rings. The second-order valence-corrected chi connectivity index (χ2v) is 7.30. The van der Waals surface area contributed by atoms with Crippen molar-refractivity contribution in [2.45, 2.75) is 72.3 Å². The predicted octanol–water partition coefficient (Wildman–Crippen LogP) is 3.23. The average Bonchev–Trinajstić information content (AvgIpc) is 3.08. The van der Waals surface area contributed by atoms with Crippen LogP contribution in [0.3, 0.4) is 0 Å². The van der Waals surface area contributed by atoms with Gasteiger partial charge in [0.05, 0.1) is 21.5 Å². The molecule has 1 saturated carbocycles. The molecule has 1 aromatic carbocycles. The van der Waals surface area contributed by atoms with Gasteiger partial charge < -0.3 is 0 Å². The number of hydrogen-bond acceptors (Lipinski definition) is 4. The summed E-state index contributed by atoms with van der Waals surface area (Å²) in [6.45, 7) is 6.21. The molecule has 152 valence electrons. The Kier molecular flexibility index (Phi) is 7.49. The van der Waals surface area contributed by atoms with Crippen LogP contribution >= 0.6 is 0 Å². The maximum atomic E-state index is 12.0. The normalized spacial score (nSPS) is 13.7. The van der Waals surface area contributed by atoms with Crippen molar-refractivity contribution in [1.29, 1.82) is 0 Å². The van der Waals surface area contributed by atoms with E-state index in [1.165, 1.54) is 64.1 Å². The number of aromatic nitrogens is 2. The van der Waals surface area contributed by atoms with Crippen LogP contribution < -0.4 is 22.2 Å². The molecule has 2 aromatic heterocycles. The van der Waals surface area contributed by atoms with Crippen LogP contribution in [0.15, 0.2) is 31.3 Å². The zero-order chi connectivity index (χ0) is 20.8. The van der Waals surface area contributed by atoms with E-state index in [-0.39, 0.29) is 28.1 Å². The van der Waals surface area contributed by atoms with Crippen molar-refractivity contribution >= 4 is 21.5 Å². The lowest BCUT2D eigenvalue weighted by Crippen LogP contribution is -2.24. The molecule has 1 aliphatic rings. The van der Waals surface area contributed by atoms with Gasteiger partial charge in [-0.15, -0.1) is 0 Å². The highest BCUT2D eigenvalue weighted by Crippen LogP contribution is 2.15. The van der Waals surface area contributed by atoms with Crippen molar-refractivity contribution in [2.24, 2.45) is 7.05 Å². The zero-order valence-electron chi connectivity index (χ0n) is 17.3. The fraction of sp³-hybridized carbons (Fsp3) is 0.545. The third-order valence-electron chi connectivity index (χ3n) is 5.00. The number of fused-ring (bicyclic) bond motifs is 2. The van der Waals surface area contributed by atoms with Crippen LogP contribution in [-0.2, 0) is 13.6 Å². The van der Waals surface area contributed by atoms with Gasteiger partial charge in [-0.2, -0.15) is 0 Å². The highest BCUT2D eigenvalue weighted by molar-refractivity contribution is 5.97. The number of hydrogen-bond donors (Lipinski definition) is 0. The Labute approximate surface area is 164 Å². The average molecular weight is 386 g/mol. The minimum atomic E-state index is -0.446. The first-order chi connectivity index (χ1) is 13.4. The molecule has 1 fully saturated rings. The molecule has 0 radical (unpaired) electrons. The van der Waals surface area contributed by atoms with E-state index in [0.717, 1.165) is 9.13 Å². The molecule has 0 saturated heterocycles. The summed E-state index contributed by atoms with van der Waals surface area (Å²) >= 11 is 0. The van der Waals surface area contributed by atoms with Gasteiger partial charge in [-0.1, -0.05) is 58.8 Å². The van der Waals surface area contributed by atoms with E-state index in [0.29, 0.717) is 0 Å². The maximum absolute atomic E-state index is 12.0. The number of benzene rings is 1. The standard InChI is InChI=1S/C13H10N2O4.C6H12.C3H8/c1-3-15-12(18)8-4-6-7(5-9(8)13(15)19)11(17)14(2)10(6)16;1-2-4-6-5-3-1;1-3-2/h4-5H,3H2,1-2H3;1-6H2;3H2,1-2H3. The summed E-state index contributed by atoms with van der Waals surface area (Å²) in [5.41, 5.74) is -1.73. The van der Waals surface area contributed by atoms with Crippen LogP contribution in [0.1, 0.15) is 65.7 Å². The monoisotopic (exact) mass is 386 g/mol. The van der Waals surface area contributed by atoms with Crippen LogP contribution in [-0.4, -0.2) is 9.13 Å². The van der Waals surface area contributed by atoms with E-state index in [2.05, 4.69) is 13.8 Å². The molecule has 0 aliphatic heterocycles. The summed E-state index contributed by atoms with van der Waals surface area (Å²) in [6.07, 6.45) is 10.2. The Balaban J connectivity index is 0.000000260. The summed E-state index contributed by atoms with van der Waals surface area (Å²) in [5, 5.41) is 0.764. The smallest absolute Gasteiger partial charge is 0.261 e. The van der Waals surface area contributed by atoms with Gasteiger partial charge in [-0.05, 0) is 19.1 Å². The van der Waals surface area contributed by atoms with Crippen molar-refractivity contribution in [3.8, 4) is 0 Å². The first-order valence-electron chi connectivity index (χ1n) is 10.3. The molecule has 6 heteroatoms. The Morgan fingerprint density at radius 2 is 0.929 bits per heavy atom. The molecule has 0 unspecified atom stereocenters. The summed E-state index contributed by atoms with van der Waals surface area (Å²) in [6, 6.07) is 2.70. The SMILES string of the molecule is C1CCCCC1.CCC.CCn1c(=O)c2cc3c(=O)n(C)c(=O)c3cc2c1=O. The molecular weight excluding hydrogens is 356 g/mol.